The molecular weight excluding hydrogens is 405 g/mol. The van der Waals surface area contributed by atoms with Crippen molar-refractivity contribution in [3.63, 3.8) is 0 Å². The minimum Gasteiger partial charge on any atom is -0.381 e. The van der Waals surface area contributed by atoms with Crippen molar-refractivity contribution in [1.29, 1.82) is 0 Å². The Morgan fingerprint density at radius 2 is 1.48 bits per heavy atom. The first kappa shape index (κ1) is 25.2. The average molecular weight is 443 g/mol. The Morgan fingerprint density at radius 3 is 2.00 bits per heavy atom. The molecule has 0 aliphatic rings. The maximum absolute atomic E-state index is 5.56. The molecule has 23 heavy (non-hydrogen) atoms. The van der Waals surface area contributed by atoms with Crippen LogP contribution >= 0.6 is 24.0 Å². The molecule has 0 unspecified atom stereocenters. The van der Waals surface area contributed by atoms with Gasteiger partial charge in [0.15, 0.2) is 5.96 Å². The van der Waals surface area contributed by atoms with Gasteiger partial charge in [0.25, 0.3) is 0 Å². The van der Waals surface area contributed by atoms with Crippen molar-refractivity contribution in [3.05, 3.63) is 0 Å². The van der Waals surface area contributed by atoms with Gasteiger partial charge in [0.2, 0.25) is 0 Å². The lowest BCUT2D eigenvalue weighted by Gasteiger charge is -2.12. The number of ether oxygens (including phenoxy) is 2. The second kappa shape index (κ2) is 18.3. The number of halogens is 1. The predicted octanol–water partition coefficient (Wildman–Crippen LogP) is 3.28. The molecule has 0 saturated carbocycles. The molecule has 140 valence electrons. The summed E-state index contributed by atoms with van der Waals surface area (Å²) in [5.41, 5.74) is 0. The van der Waals surface area contributed by atoms with E-state index < -0.39 is 0 Å². The number of guanidine groups is 1. The van der Waals surface area contributed by atoms with Gasteiger partial charge in [-0.3, -0.25) is 4.99 Å². The Kier molecular flexibility index (Phi) is 20.0. The van der Waals surface area contributed by atoms with Gasteiger partial charge in [0.1, 0.15) is 0 Å². The van der Waals surface area contributed by atoms with Crippen LogP contribution in [-0.4, -0.2) is 52.0 Å². The Balaban J connectivity index is 0. The van der Waals surface area contributed by atoms with Crippen molar-refractivity contribution < 1.29 is 9.47 Å². The van der Waals surface area contributed by atoms with E-state index in [1.54, 1.807) is 0 Å². The monoisotopic (exact) mass is 443 g/mol. The molecule has 0 aromatic heterocycles. The highest BCUT2D eigenvalue weighted by Crippen LogP contribution is 1.94. The summed E-state index contributed by atoms with van der Waals surface area (Å²) in [6, 6.07) is 0. The van der Waals surface area contributed by atoms with E-state index in [4.69, 9.17) is 9.47 Å². The van der Waals surface area contributed by atoms with Crippen LogP contribution in [0.4, 0.5) is 0 Å². The Labute approximate surface area is 160 Å². The van der Waals surface area contributed by atoms with Gasteiger partial charge in [-0.15, -0.1) is 24.0 Å². The lowest BCUT2D eigenvalue weighted by Crippen LogP contribution is -2.38. The predicted molar refractivity (Wildman–Crippen MR) is 110 cm³/mol. The maximum Gasteiger partial charge on any atom is 0.191 e. The largest absolute Gasteiger partial charge is 0.381 e. The van der Waals surface area contributed by atoms with Gasteiger partial charge >= 0.3 is 0 Å². The summed E-state index contributed by atoms with van der Waals surface area (Å²) in [7, 11) is 0. The summed E-state index contributed by atoms with van der Waals surface area (Å²) in [5, 5.41) is 6.59. The molecule has 0 atom stereocenters. The summed E-state index contributed by atoms with van der Waals surface area (Å²) in [6.45, 7) is 16.5. The third kappa shape index (κ3) is 19.9. The zero-order valence-corrected chi connectivity index (χ0v) is 18.0. The van der Waals surface area contributed by atoms with Crippen LogP contribution in [0.25, 0.3) is 0 Å². The van der Waals surface area contributed by atoms with Gasteiger partial charge in [-0.2, -0.15) is 0 Å². The first-order valence-corrected chi connectivity index (χ1v) is 8.73. The van der Waals surface area contributed by atoms with Gasteiger partial charge in [0.05, 0.1) is 0 Å². The molecule has 0 spiro atoms. The highest BCUT2D eigenvalue weighted by molar-refractivity contribution is 14.0. The molecule has 5 nitrogen and oxygen atoms in total. The number of aliphatic imine (C=N–C) groups is 1. The zero-order valence-electron chi connectivity index (χ0n) is 15.7. The fourth-order valence-corrected chi connectivity index (χ4v) is 1.72. The molecule has 0 fully saturated rings. The smallest absolute Gasteiger partial charge is 0.191 e. The second-order valence-corrected chi connectivity index (χ2v) is 6.33. The molecule has 6 heteroatoms. The van der Waals surface area contributed by atoms with Crippen molar-refractivity contribution in [2.75, 3.05) is 46.1 Å². The van der Waals surface area contributed by atoms with Crippen LogP contribution in [0.15, 0.2) is 4.99 Å². The quantitative estimate of drug-likeness (QED) is 0.199. The molecule has 0 heterocycles. The molecule has 0 amide bonds. The number of hydrogen-bond donors (Lipinski definition) is 2. The molecule has 0 radical (unpaired) electrons. The molecule has 0 aromatic carbocycles. The van der Waals surface area contributed by atoms with Gasteiger partial charge < -0.3 is 20.1 Å². The molecule has 0 aliphatic carbocycles. The van der Waals surface area contributed by atoms with Gasteiger partial charge in [-0.05, 0) is 31.6 Å². The van der Waals surface area contributed by atoms with Crippen LogP contribution in [0, 0.1) is 11.8 Å². The van der Waals surface area contributed by atoms with Crippen molar-refractivity contribution in [2.45, 2.75) is 47.5 Å². The summed E-state index contributed by atoms with van der Waals surface area (Å²) < 4.78 is 11.1. The van der Waals surface area contributed by atoms with Crippen LogP contribution in [0.3, 0.4) is 0 Å². The minimum atomic E-state index is 0. The molecule has 0 aromatic rings. The number of nitrogens with zero attached hydrogens (tertiary/aromatic N) is 1. The van der Waals surface area contributed by atoms with E-state index >= 15 is 0 Å². The van der Waals surface area contributed by atoms with Crippen molar-refractivity contribution in [2.24, 2.45) is 16.8 Å². The van der Waals surface area contributed by atoms with Crippen LogP contribution in [0.1, 0.15) is 47.5 Å². The van der Waals surface area contributed by atoms with E-state index in [0.29, 0.717) is 11.8 Å². The summed E-state index contributed by atoms with van der Waals surface area (Å²) >= 11 is 0. The maximum atomic E-state index is 5.56. The van der Waals surface area contributed by atoms with Crippen LogP contribution in [0.2, 0.25) is 0 Å². The molecule has 0 saturated heterocycles. The first-order valence-electron chi connectivity index (χ1n) is 8.73. The summed E-state index contributed by atoms with van der Waals surface area (Å²) in [4.78, 5) is 4.55. The van der Waals surface area contributed by atoms with Gasteiger partial charge in [0, 0.05) is 46.1 Å². The number of rotatable bonds is 13. The van der Waals surface area contributed by atoms with Crippen molar-refractivity contribution in [3.8, 4) is 0 Å². The first-order chi connectivity index (χ1) is 10.6. The zero-order chi connectivity index (χ0) is 16.6. The highest BCUT2D eigenvalue weighted by Gasteiger charge is 1.98. The lowest BCUT2D eigenvalue weighted by atomic mass is 10.2. The Morgan fingerprint density at radius 1 is 0.913 bits per heavy atom. The SMILES string of the molecule is CCNC(=NCCCOCC(C)C)NCCCOCC(C)C.I. The van der Waals surface area contributed by atoms with Crippen LogP contribution < -0.4 is 10.6 Å². The fourth-order valence-electron chi connectivity index (χ4n) is 1.72. The van der Waals surface area contributed by atoms with Crippen molar-refractivity contribution in [1.82, 2.24) is 10.6 Å². The van der Waals surface area contributed by atoms with Crippen LogP contribution in [-0.2, 0) is 9.47 Å². The summed E-state index contributed by atoms with van der Waals surface area (Å²) in [6.07, 6.45) is 1.95. The molecule has 0 aliphatic heterocycles. The summed E-state index contributed by atoms with van der Waals surface area (Å²) in [5.74, 6) is 2.08. The lowest BCUT2D eigenvalue weighted by molar-refractivity contribution is 0.108. The van der Waals surface area contributed by atoms with E-state index in [2.05, 4.69) is 50.2 Å². The van der Waals surface area contributed by atoms with Crippen molar-refractivity contribution >= 4 is 29.9 Å². The van der Waals surface area contributed by atoms with E-state index in [1.165, 1.54) is 0 Å². The fraction of sp³-hybridized carbons (Fsp3) is 0.941. The Hall–Kier alpha value is -0.0800. The van der Waals surface area contributed by atoms with E-state index in [0.717, 1.165) is 64.9 Å². The second-order valence-electron chi connectivity index (χ2n) is 6.33. The molecular formula is C17H38IN3O2. The van der Waals surface area contributed by atoms with E-state index in [1.807, 2.05) is 0 Å². The van der Waals surface area contributed by atoms with Gasteiger partial charge in [-0.1, -0.05) is 27.7 Å². The molecule has 0 rings (SSSR count). The average Bonchev–Trinajstić information content (AvgIpc) is 2.45. The van der Waals surface area contributed by atoms with E-state index in [-0.39, 0.29) is 24.0 Å². The van der Waals surface area contributed by atoms with Crippen LogP contribution in [0.5, 0.6) is 0 Å². The highest BCUT2D eigenvalue weighted by atomic mass is 127. The topological polar surface area (TPSA) is 54.9 Å². The molecule has 2 N–H and O–H groups in total. The number of hydrogen-bond acceptors (Lipinski definition) is 3. The third-order valence-electron chi connectivity index (χ3n) is 2.72. The normalized spacial score (nSPS) is 11.7. The number of nitrogens with one attached hydrogen (secondary N) is 2. The minimum absolute atomic E-state index is 0. The van der Waals surface area contributed by atoms with E-state index in [9.17, 15) is 0 Å². The standard InChI is InChI=1S/C17H37N3O2.HI/c1-6-18-17(19-9-7-11-21-13-15(2)3)20-10-8-12-22-14-16(4)5;/h15-16H,6-14H2,1-5H3,(H2,18,19,20);1H. The Bertz CT molecular complexity index is 275. The third-order valence-corrected chi connectivity index (χ3v) is 2.72. The molecule has 0 bridgehead atoms. The van der Waals surface area contributed by atoms with Gasteiger partial charge in [-0.25, -0.2) is 0 Å².